The molecule has 1 N–H and O–H groups in total. The van der Waals surface area contributed by atoms with Crippen LogP contribution in [0, 0.1) is 0 Å². The standard InChI is InChI=1S/C11H5Cl2NO2/c12-5-1-2-6-7(3-5)14-8-4-9(11(13)15)16-10(6)8/h1-4,14H. The third-order valence-electron chi connectivity index (χ3n) is 2.42. The highest BCUT2D eigenvalue weighted by Gasteiger charge is 2.14. The molecular formula is C11H5Cl2NO2. The van der Waals surface area contributed by atoms with E-state index in [0.717, 1.165) is 16.4 Å². The van der Waals surface area contributed by atoms with Gasteiger partial charge in [-0.15, -0.1) is 0 Å². The van der Waals surface area contributed by atoms with E-state index in [9.17, 15) is 4.79 Å². The van der Waals surface area contributed by atoms with E-state index in [1.165, 1.54) is 0 Å². The fourth-order valence-corrected chi connectivity index (χ4v) is 2.01. The smallest absolute Gasteiger partial charge is 0.287 e. The number of benzene rings is 1. The first kappa shape index (κ1) is 9.75. The van der Waals surface area contributed by atoms with Crippen molar-refractivity contribution < 1.29 is 9.21 Å². The Labute approximate surface area is 99.9 Å². The van der Waals surface area contributed by atoms with Crippen LogP contribution in [0.5, 0.6) is 0 Å². The van der Waals surface area contributed by atoms with Crippen molar-refractivity contribution in [2.45, 2.75) is 0 Å². The maximum atomic E-state index is 10.9. The highest BCUT2D eigenvalue weighted by atomic mass is 35.5. The van der Waals surface area contributed by atoms with Crippen LogP contribution in [-0.2, 0) is 0 Å². The van der Waals surface area contributed by atoms with Gasteiger partial charge in [0.15, 0.2) is 11.3 Å². The van der Waals surface area contributed by atoms with Crippen LogP contribution in [0.1, 0.15) is 10.6 Å². The first-order chi connectivity index (χ1) is 7.65. The minimum atomic E-state index is -0.605. The van der Waals surface area contributed by atoms with Gasteiger partial charge in [-0.3, -0.25) is 4.79 Å². The lowest BCUT2D eigenvalue weighted by Crippen LogP contribution is -1.81. The van der Waals surface area contributed by atoms with Gasteiger partial charge in [0, 0.05) is 16.5 Å². The van der Waals surface area contributed by atoms with Gasteiger partial charge in [-0.2, -0.15) is 0 Å². The molecule has 0 unspecified atom stereocenters. The topological polar surface area (TPSA) is 46.0 Å². The van der Waals surface area contributed by atoms with Crippen molar-refractivity contribution >= 4 is 50.4 Å². The van der Waals surface area contributed by atoms with Crippen LogP contribution in [0.3, 0.4) is 0 Å². The molecule has 0 amide bonds. The van der Waals surface area contributed by atoms with E-state index in [2.05, 4.69) is 4.98 Å². The van der Waals surface area contributed by atoms with Gasteiger partial charge in [0.25, 0.3) is 5.24 Å². The Balaban J connectivity index is 2.38. The summed E-state index contributed by atoms with van der Waals surface area (Å²) in [5.41, 5.74) is 2.23. The number of carbonyl (C=O) groups is 1. The molecule has 3 rings (SSSR count). The highest BCUT2D eigenvalue weighted by molar-refractivity contribution is 6.67. The number of hydrogen-bond donors (Lipinski definition) is 1. The maximum Gasteiger partial charge on any atom is 0.287 e. The Hall–Kier alpha value is -1.45. The molecule has 0 saturated carbocycles. The molecule has 3 nitrogen and oxygen atoms in total. The summed E-state index contributed by atoms with van der Waals surface area (Å²) in [6.07, 6.45) is 0. The first-order valence-electron chi connectivity index (χ1n) is 4.56. The average molecular weight is 254 g/mol. The fourth-order valence-electron chi connectivity index (χ4n) is 1.74. The normalized spacial score (nSPS) is 11.4. The lowest BCUT2D eigenvalue weighted by atomic mass is 10.2. The highest BCUT2D eigenvalue weighted by Crippen LogP contribution is 2.30. The van der Waals surface area contributed by atoms with Crippen LogP contribution in [0.25, 0.3) is 22.0 Å². The molecule has 0 aliphatic rings. The van der Waals surface area contributed by atoms with Crippen molar-refractivity contribution in [3.05, 3.63) is 35.0 Å². The van der Waals surface area contributed by atoms with Crippen LogP contribution in [0.4, 0.5) is 0 Å². The third kappa shape index (κ3) is 1.32. The second-order valence-corrected chi connectivity index (χ2v) is 4.22. The maximum absolute atomic E-state index is 10.9. The Morgan fingerprint density at radius 2 is 2.06 bits per heavy atom. The Kier molecular flexibility index (Phi) is 1.99. The molecule has 0 fully saturated rings. The number of halogens is 2. The number of rotatable bonds is 1. The minimum Gasteiger partial charge on any atom is -0.449 e. The van der Waals surface area contributed by atoms with Crippen molar-refractivity contribution in [2.75, 3.05) is 0 Å². The number of aromatic amines is 1. The van der Waals surface area contributed by atoms with Crippen LogP contribution >= 0.6 is 23.2 Å². The third-order valence-corrected chi connectivity index (χ3v) is 2.84. The van der Waals surface area contributed by atoms with Gasteiger partial charge in [-0.05, 0) is 29.8 Å². The molecule has 0 spiro atoms. The molecule has 2 heterocycles. The lowest BCUT2D eigenvalue weighted by molar-refractivity contribution is 0.105. The number of hydrogen-bond acceptors (Lipinski definition) is 2. The van der Waals surface area contributed by atoms with Crippen molar-refractivity contribution in [1.29, 1.82) is 0 Å². The van der Waals surface area contributed by atoms with Crippen LogP contribution in [0.15, 0.2) is 28.7 Å². The summed E-state index contributed by atoms with van der Waals surface area (Å²) in [7, 11) is 0. The predicted octanol–water partition coefficient (Wildman–Crippen LogP) is 3.95. The molecular weight excluding hydrogens is 249 g/mol. The van der Waals surface area contributed by atoms with E-state index < -0.39 is 5.24 Å². The molecule has 1 aromatic carbocycles. The summed E-state index contributed by atoms with van der Waals surface area (Å²) >= 11 is 11.2. The first-order valence-corrected chi connectivity index (χ1v) is 5.31. The van der Waals surface area contributed by atoms with E-state index in [1.54, 1.807) is 18.2 Å². The van der Waals surface area contributed by atoms with E-state index in [-0.39, 0.29) is 5.76 Å². The van der Waals surface area contributed by atoms with Gasteiger partial charge in [0.05, 0.1) is 11.0 Å². The Morgan fingerprint density at radius 1 is 1.25 bits per heavy atom. The van der Waals surface area contributed by atoms with Crippen molar-refractivity contribution in [3.8, 4) is 0 Å². The number of fused-ring (bicyclic) bond motifs is 3. The molecule has 0 radical (unpaired) electrons. The van der Waals surface area contributed by atoms with Gasteiger partial charge in [0.2, 0.25) is 0 Å². The van der Waals surface area contributed by atoms with Crippen LogP contribution in [-0.4, -0.2) is 10.2 Å². The molecule has 0 atom stereocenters. The zero-order valence-electron chi connectivity index (χ0n) is 7.88. The fraction of sp³-hybridized carbons (Fsp3) is 0. The van der Waals surface area contributed by atoms with Gasteiger partial charge < -0.3 is 9.40 Å². The number of nitrogens with one attached hydrogen (secondary N) is 1. The van der Waals surface area contributed by atoms with Gasteiger partial charge in [-0.25, -0.2) is 0 Å². The van der Waals surface area contributed by atoms with Crippen molar-refractivity contribution in [2.24, 2.45) is 0 Å². The largest absolute Gasteiger partial charge is 0.449 e. The van der Waals surface area contributed by atoms with Crippen molar-refractivity contribution in [1.82, 2.24) is 4.98 Å². The summed E-state index contributed by atoms with van der Waals surface area (Å²) in [6, 6.07) is 6.98. The number of H-pyrrole nitrogens is 1. The summed E-state index contributed by atoms with van der Waals surface area (Å²) < 4.78 is 5.37. The molecule has 3 aromatic rings. The van der Waals surface area contributed by atoms with Gasteiger partial charge in [-0.1, -0.05) is 11.6 Å². The number of carbonyl (C=O) groups excluding carboxylic acids is 1. The van der Waals surface area contributed by atoms with Crippen LogP contribution < -0.4 is 0 Å². The second-order valence-electron chi connectivity index (χ2n) is 3.44. The Morgan fingerprint density at radius 3 is 2.81 bits per heavy atom. The van der Waals surface area contributed by atoms with E-state index in [0.29, 0.717) is 10.6 Å². The molecule has 16 heavy (non-hydrogen) atoms. The molecule has 0 bridgehead atoms. The van der Waals surface area contributed by atoms with Gasteiger partial charge >= 0.3 is 0 Å². The number of furan rings is 1. The summed E-state index contributed by atoms with van der Waals surface area (Å²) in [4.78, 5) is 14.0. The van der Waals surface area contributed by atoms with E-state index >= 15 is 0 Å². The van der Waals surface area contributed by atoms with Crippen LogP contribution in [0.2, 0.25) is 5.02 Å². The number of aromatic nitrogens is 1. The zero-order valence-corrected chi connectivity index (χ0v) is 9.39. The van der Waals surface area contributed by atoms with E-state index in [4.69, 9.17) is 27.6 Å². The molecule has 80 valence electrons. The van der Waals surface area contributed by atoms with E-state index in [1.807, 2.05) is 6.07 Å². The second kappa shape index (κ2) is 3.27. The predicted molar refractivity (Wildman–Crippen MR) is 63.3 cm³/mol. The summed E-state index contributed by atoms with van der Waals surface area (Å²) in [5, 5.41) is 0.917. The van der Waals surface area contributed by atoms with Gasteiger partial charge in [0.1, 0.15) is 0 Å². The molecule has 5 heteroatoms. The SMILES string of the molecule is O=C(Cl)c1cc2[nH]c3cc(Cl)ccc3c2o1. The average Bonchev–Trinajstić information content (AvgIpc) is 2.73. The minimum absolute atomic E-state index is 0.139. The zero-order chi connectivity index (χ0) is 11.3. The molecule has 0 aliphatic heterocycles. The quantitative estimate of drug-likeness (QED) is 0.668. The Bertz CT molecular complexity index is 711. The van der Waals surface area contributed by atoms with Crippen molar-refractivity contribution in [3.63, 3.8) is 0 Å². The molecule has 2 aromatic heterocycles. The summed E-state index contributed by atoms with van der Waals surface area (Å²) in [5.74, 6) is 0.139. The monoisotopic (exact) mass is 253 g/mol. The lowest BCUT2D eigenvalue weighted by Gasteiger charge is -1.90. The summed E-state index contributed by atoms with van der Waals surface area (Å²) in [6.45, 7) is 0. The molecule has 0 saturated heterocycles. The molecule has 0 aliphatic carbocycles.